The molecular formula is C18H15N3O5S. The average Bonchev–Trinajstić information content (AvgIpc) is 2.66. The molecule has 1 amide bonds. The van der Waals surface area contributed by atoms with Crippen LogP contribution in [0, 0.1) is 0 Å². The summed E-state index contributed by atoms with van der Waals surface area (Å²) in [7, 11) is -4.63. The lowest BCUT2D eigenvalue weighted by Crippen LogP contribution is -2.25. The highest BCUT2D eigenvalue weighted by Crippen LogP contribution is 2.33. The molecule has 0 spiro atoms. The maximum atomic E-state index is 12.1. The van der Waals surface area contributed by atoms with Crippen LogP contribution in [-0.4, -0.2) is 29.1 Å². The molecule has 0 bridgehead atoms. The number of fused-ring (bicyclic) bond motifs is 1. The quantitative estimate of drug-likeness (QED) is 0.269. The van der Waals surface area contributed by atoms with Gasteiger partial charge >= 0.3 is 10.3 Å². The molecule has 1 aromatic heterocycles. The standard InChI is InChI=1S/C18H15N3O5S/c22-17(20-23)11-8-13-6-9-15(10-7-13)21(27(24,25)26)16-5-1-3-14-4-2-12-19-18(14)16/h1-12,23H,(H,20,22)(H,24,25,26)/b11-8+. The van der Waals surface area contributed by atoms with Crippen molar-refractivity contribution in [1.82, 2.24) is 10.5 Å². The van der Waals surface area contributed by atoms with Crippen LogP contribution in [0.25, 0.3) is 17.0 Å². The summed E-state index contributed by atoms with van der Waals surface area (Å²) in [4.78, 5) is 15.2. The fourth-order valence-electron chi connectivity index (χ4n) is 2.58. The third kappa shape index (κ3) is 4.11. The fourth-order valence-corrected chi connectivity index (χ4v) is 3.36. The van der Waals surface area contributed by atoms with E-state index in [1.165, 1.54) is 29.9 Å². The number of anilines is 2. The number of rotatable bonds is 5. The number of nitrogens with one attached hydrogen (secondary N) is 1. The average molecular weight is 385 g/mol. The van der Waals surface area contributed by atoms with Crippen LogP contribution in [0.2, 0.25) is 0 Å². The van der Waals surface area contributed by atoms with E-state index >= 15 is 0 Å². The van der Waals surface area contributed by atoms with Gasteiger partial charge in [-0.1, -0.05) is 30.3 Å². The number of hydroxylamine groups is 1. The van der Waals surface area contributed by atoms with E-state index < -0.39 is 16.2 Å². The number of hydrogen-bond donors (Lipinski definition) is 3. The molecule has 3 rings (SSSR count). The lowest BCUT2D eigenvalue weighted by atomic mass is 10.1. The van der Waals surface area contributed by atoms with Gasteiger partial charge in [-0.2, -0.15) is 8.42 Å². The zero-order chi connectivity index (χ0) is 19.4. The highest BCUT2D eigenvalue weighted by molar-refractivity contribution is 7.87. The van der Waals surface area contributed by atoms with Crippen LogP contribution in [0.3, 0.4) is 0 Å². The smallest absolute Gasteiger partial charge is 0.288 e. The first-order valence-corrected chi connectivity index (χ1v) is 9.13. The zero-order valence-electron chi connectivity index (χ0n) is 13.9. The lowest BCUT2D eigenvalue weighted by Gasteiger charge is -2.22. The van der Waals surface area contributed by atoms with Crippen molar-refractivity contribution in [3.8, 4) is 0 Å². The Labute approximate surface area is 155 Å². The number of pyridine rings is 1. The van der Waals surface area contributed by atoms with E-state index in [9.17, 15) is 17.8 Å². The van der Waals surface area contributed by atoms with Crippen LogP contribution < -0.4 is 9.79 Å². The maximum Gasteiger partial charge on any atom is 0.364 e. The van der Waals surface area contributed by atoms with Crippen molar-refractivity contribution < 1.29 is 23.0 Å². The minimum absolute atomic E-state index is 0.194. The van der Waals surface area contributed by atoms with E-state index in [4.69, 9.17) is 5.21 Å². The van der Waals surface area contributed by atoms with Crippen molar-refractivity contribution in [3.05, 3.63) is 72.4 Å². The molecular weight excluding hydrogens is 370 g/mol. The normalized spacial score (nSPS) is 11.6. The minimum Gasteiger partial charge on any atom is -0.288 e. The third-order valence-corrected chi connectivity index (χ3v) is 4.59. The van der Waals surface area contributed by atoms with Gasteiger partial charge in [0.05, 0.1) is 16.9 Å². The summed E-state index contributed by atoms with van der Waals surface area (Å²) >= 11 is 0. The Bertz CT molecular complexity index is 1110. The summed E-state index contributed by atoms with van der Waals surface area (Å²) in [6.45, 7) is 0. The number of carbonyl (C=O) groups is 1. The molecule has 0 unspecified atom stereocenters. The monoisotopic (exact) mass is 385 g/mol. The van der Waals surface area contributed by atoms with Crippen molar-refractivity contribution in [2.24, 2.45) is 0 Å². The molecule has 3 aromatic rings. The van der Waals surface area contributed by atoms with Gasteiger partial charge < -0.3 is 0 Å². The second-order valence-electron chi connectivity index (χ2n) is 5.50. The molecule has 0 radical (unpaired) electrons. The van der Waals surface area contributed by atoms with Crippen molar-refractivity contribution >= 4 is 44.6 Å². The van der Waals surface area contributed by atoms with Crippen LogP contribution in [-0.2, 0) is 15.1 Å². The zero-order valence-corrected chi connectivity index (χ0v) is 14.7. The molecule has 8 nitrogen and oxygen atoms in total. The molecule has 2 aromatic carbocycles. The van der Waals surface area contributed by atoms with Gasteiger partial charge in [-0.25, -0.2) is 9.79 Å². The van der Waals surface area contributed by atoms with Crippen LogP contribution in [0.15, 0.2) is 66.9 Å². The van der Waals surface area contributed by atoms with E-state index in [0.29, 0.717) is 11.1 Å². The molecule has 138 valence electrons. The van der Waals surface area contributed by atoms with E-state index in [2.05, 4.69) is 4.98 Å². The first kappa shape index (κ1) is 18.5. The summed E-state index contributed by atoms with van der Waals surface area (Å²) < 4.78 is 34.7. The van der Waals surface area contributed by atoms with Gasteiger partial charge in [0.1, 0.15) is 0 Å². The summed E-state index contributed by atoms with van der Waals surface area (Å²) in [5, 5.41) is 9.19. The molecule has 0 atom stereocenters. The van der Waals surface area contributed by atoms with E-state index in [1.54, 1.807) is 42.5 Å². The highest BCUT2D eigenvalue weighted by Gasteiger charge is 2.24. The molecule has 0 aliphatic carbocycles. The molecule has 0 saturated carbocycles. The number of benzene rings is 2. The summed E-state index contributed by atoms with van der Waals surface area (Å²) in [6, 6.07) is 14.6. The highest BCUT2D eigenvalue weighted by atomic mass is 32.2. The molecule has 0 saturated heterocycles. The van der Waals surface area contributed by atoms with Crippen LogP contribution in [0.1, 0.15) is 5.56 Å². The van der Waals surface area contributed by atoms with Gasteiger partial charge in [-0.15, -0.1) is 0 Å². The Morgan fingerprint density at radius 3 is 2.44 bits per heavy atom. The number of para-hydroxylation sites is 1. The van der Waals surface area contributed by atoms with Gasteiger partial charge in [0.25, 0.3) is 5.91 Å². The predicted octanol–water partition coefficient (Wildman–Crippen LogP) is 2.69. The van der Waals surface area contributed by atoms with E-state index in [0.717, 1.165) is 15.8 Å². The molecule has 3 N–H and O–H groups in total. The Kier molecular flexibility index (Phi) is 5.17. The predicted molar refractivity (Wildman–Crippen MR) is 101 cm³/mol. The molecule has 1 heterocycles. The number of carbonyl (C=O) groups excluding carboxylic acids is 1. The molecule has 27 heavy (non-hydrogen) atoms. The van der Waals surface area contributed by atoms with E-state index in [1.807, 2.05) is 0 Å². The summed E-state index contributed by atoms with van der Waals surface area (Å²) in [5.74, 6) is -0.694. The van der Waals surface area contributed by atoms with Gasteiger partial charge in [0, 0.05) is 17.7 Å². The van der Waals surface area contributed by atoms with Gasteiger partial charge in [-0.3, -0.25) is 19.5 Å². The van der Waals surface area contributed by atoms with Gasteiger partial charge in [0.15, 0.2) is 0 Å². The van der Waals surface area contributed by atoms with E-state index in [-0.39, 0.29) is 11.4 Å². The minimum atomic E-state index is -4.63. The Hall–Kier alpha value is -3.27. The van der Waals surface area contributed by atoms with Crippen molar-refractivity contribution in [1.29, 1.82) is 0 Å². The van der Waals surface area contributed by atoms with Crippen molar-refractivity contribution in [3.63, 3.8) is 0 Å². The van der Waals surface area contributed by atoms with Gasteiger partial charge in [-0.05, 0) is 35.9 Å². The Morgan fingerprint density at radius 1 is 1.07 bits per heavy atom. The molecule has 0 aliphatic heterocycles. The molecule has 9 heteroatoms. The Balaban J connectivity index is 2.07. The number of aromatic nitrogens is 1. The molecule has 0 aliphatic rings. The van der Waals surface area contributed by atoms with Crippen LogP contribution >= 0.6 is 0 Å². The number of hydrogen-bond acceptors (Lipinski definition) is 5. The largest absolute Gasteiger partial charge is 0.364 e. The third-order valence-electron chi connectivity index (χ3n) is 3.73. The van der Waals surface area contributed by atoms with Crippen molar-refractivity contribution in [2.75, 3.05) is 4.31 Å². The number of amides is 1. The SMILES string of the molecule is O=C(/C=C/c1ccc(N(c2cccc3cccnc23)S(=O)(=O)O)cc1)NO. The Morgan fingerprint density at radius 2 is 1.78 bits per heavy atom. The molecule has 0 fully saturated rings. The topological polar surface area (TPSA) is 120 Å². The fraction of sp³-hybridized carbons (Fsp3) is 0. The lowest BCUT2D eigenvalue weighted by molar-refractivity contribution is -0.124. The summed E-state index contributed by atoms with van der Waals surface area (Å²) in [5.41, 5.74) is 2.88. The first-order valence-electron chi connectivity index (χ1n) is 7.74. The summed E-state index contributed by atoms with van der Waals surface area (Å²) in [6.07, 6.45) is 4.09. The number of nitrogens with zero attached hydrogens (tertiary/aromatic N) is 2. The van der Waals surface area contributed by atoms with Crippen molar-refractivity contribution in [2.45, 2.75) is 0 Å². The maximum absolute atomic E-state index is 12.1. The first-order chi connectivity index (χ1) is 12.9. The van der Waals surface area contributed by atoms with Crippen LogP contribution in [0.5, 0.6) is 0 Å². The second kappa shape index (κ2) is 7.54. The van der Waals surface area contributed by atoms with Crippen LogP contribution in [0.4, 0.5) is 11.4 Å². The van der Waals surface area contributed by atoms with Gasteiger partial charge in [0.2, 0.25) is 0 Å². The second-order valence-corrected chi connectivity index (χ2v) is 6.76.